The van der Waals surface area contributed by atoms with Crippen LogP contribution in [0.2, 0.25) is 0 Å². The first-order chi connectivity index (χ1) is 6.86. The minimum absolute atomic E-state index is 0.482. The number of allylic oxidation sites excluding steroid dienone is 2. The van der Waals surface area contributed by atoms with Gasteiger partial charge in [-0.25, -0.2) is 0 Å². The highest BCUT2D eigenvalue weighted by molar-refractivity contribution is 5.80. The van der Waals surface area contributed by atoms with Crippen molar-refractivity contribution in [2.75, 3.05) is 20.3 Å². The quantitative estimate of drug-likeness (QED) is 0.278. The third-order valence-electron chi connectivity index (χ3n) is 1.73. The molecule has 0 aromatic carbocycles. The van der Waals surface area contributed by atoms with Crippen molar-refractivity contribution in [1.29, 1.82) is 5.26 Å². The van der Waals surface area contributed by atoms with Gasteiger partial charge in [0.05, 0.1) is 6.67 Å². The van der Waals surface area contributed by atoms with E-state index in [1.807, 2.05) is 24.5 Å². The molecule has 1 heterocycles. The lowest BCUT2D eigenvalue weighted by Crippen LogP contribution is -2.41. The molecule has 0 radical (unpaired) electrons. The molecule has 14 heavy (non-hydrogen) atoms. The summed E-state index contributed by atoms with van der Waals surface area (Å²) >= 11 is 0. The van der Waals surface area contributed by atoms with E-state index in [9.17, 15) is 0 Å². The second kappa shape index (κ2) is 5.65. The van der Waals surface area contributed by atoms with Gasteiger partial charge < -0.3 is 10.2 Å². The number of guanidine groups is 1. The van der Waals surface area contributed by atoms with E-state index < -0.39 is 0 Å². The summed E-state index contributed by atoms with van der Waals surface area (Å²) in [5, 5.41) is 13.8. The molecule has 74 valence electrons. The van der Waals surface area contributed by atoms with Gasteiger partial charge in [-0.3, -0.25) is 10.3 Å². The minimum atomic E-state index is 0.482. The fourth-order valence-electron chi connectivity index (χ4n) is 1.03. The second-order valence-electron chi connectivity index (χ2n) is 2.68. The Morgan fingerprint density at radius 1 is 1.64 bits per heavy atom. The molecule has 5 nitrogen and oxygen atoms in total. The summed E-state index contributed by atoms with van der Waals surface area (Å²) in [6.45, 7) is 1.50. The van der Waals surface area contributed by atoms with Gasteiger partial charge in [-0.15, -0.1) is 0 Å². The van der Waals surface area contributed by atoms with Crippen LogP contribution in [0.4, 0.5) is 0 Å². The maximum Gasteiger partial charge on any atom is 0.205 e. The lowest BCUT2D eigenvalue weighted by molar-refractivity contribution is 0.401. The van der Waals surface area contributed by atoms with Crippen molar-refractivity contribution < 1.29 is 0 Å². The van der Waals surface area contributed by atoms with E-state index in [4.69, 9.17) is 5.26 Å². The van der Waals surface area contributed by atoms with Crippen LogP contribution in [0.1, 0.15) is 0 Å². The Morgan fingerprint density at radius 2 is 2.50 bits per heavy atom. The fourth-order valence-corrected chi connectivity index (χ4v) is 1.03. The van der Waals surface area contributed by atoms with E-state index >= 15 is 0 Å². The van der Waals surface area contributed by atoms with Gasteiger partial charge in [0.1, 0.15) is 0 Å². The number of nitriles is 1. The van der Waals surface area contributed by atoms with Crippen LogP contribution in [0.5, 0.6) is 0 Å². The Hall–Kier alpha value is -1.96. The number of nitrogens with zero attached hydrogens (tertiary/aromatic N) is 3. The van der Waals surface area contributed by atoms with Crippen molar-refractivity contribution in [1.82, 2.24) is 15.5 Å². The van der Waals surface area contributed by atoms with Crippen molar-refractivity contribution >= 4 is 5.96 Å². The first kappa shape index (κ1) is 10.1. The molecule has 1 aliphatic heterocycles. The van der Waals surface area contributed by atoms with Gasteiger partial charge >= 0.3 is 0 Å². The van der Waals surface area contributed by atoms with E-state index in [0.29, 0.717) is 12.6 Å². The van der Waals surface area contributed by atoms with Crippen LogP contribution in [0.15, 0.2) is 29.4 Å². The molecule has 0 aromatic heterocycles. The van der Waals surface area contributed by atoms with Crippen LogP contribution in [0.3, 0.4) is 0 Å². The smallest absolute Gasteiger partial charge is 0.205 e. The molecule has 0 saturated carbocycles. The molecule has 0 aromatic rings. The Labute approximate surface area is 83.4 Å². The van der Waals surface area contributed by atoms with Crippen molar-refractivity contribution in [3.05, 3.63) is 24.4 Å². The SMILES string of the molecule is CN=C(NC#N)NCN1C=CC=CC1. The maximum absolute atomic E-state index is 8.38. The summed E-state index contributed by atoms with van der Waals surface area (Å²) in [7, 11) is 1.62. The zero-order valence-corrected chi connectivity index (χ0v) is 8.07. The van der Waals surface area contributed by atoms with E-state index in [0.717, 1.165) is 6.54 Å². The van der Waals surface area contributed by atoms with Crippen LogP contribution in [-0.4, -0.2) is 31.1 Å². The number of hydrogen-bond donors (Lipinski definition) is 2. The topological polar surface area (TPSA) is 63.5 Å². The molecule has 1 rings (SSSR count). The van der Waals surface area contributed by atoms with Gasteiger partial charge in [0.15, 0.2) is 6.19 Å². The third-order valence-corrected chi connectivity index (χ3v) is 1.73. The summed E-state index contributed by atoms with van der Waals surface area (Å²) in [6.07, 6.45) is 9.81. The fraction of sp³-hybridized carbons (Fsp3) is 0.333. The zero-order valence-electron chi connectivity index (χ0n) is 8.07. The molecule has 0 amide bonds. The summed E-state index contributed by atoms with van der Waals surface area (Å²) in [4.78, 5) is 5.93. The van der Waals surface area contributed by atoms with Crippen molar-refractivity contribution in [2.24, 2.45) is 4.99 Å². The molecule has 0 spiro atoms. The molecule has 1 aliphatic rings. The Balaban J connectivity index is 2.29. The third kappa shape index (κ3) is 3.19. The lowest BCUT2D eigenvalue weighted by atomic mass is 10.4. The lowest BCUT2D eigenvalue weighted by Gasteiger charge is -2.21. The van der Waals surface area contributed by atoms with Crippen LogP contribution in [0.25, 0.3) is 0 Å². The summed E-state index contributed by atoms with van der Waals surface area (Å²) in [6, 6.07) is 0. The molecular formula is C9H13N5. The van der Waals surface area contributed by atoms with E-state index in [1.54, 1.807) is 7.05 Å². The average molecular weight is 191 g/mol. The number of hydrogen-bond acceptors (Lipinski definition) is 3. The highest BCUT2D eigenvalue weighted by atomic mass is 15.3. The van der Waals surface area contributed by atoms with Crippen molar-refractivity contribution in [3.63, 3.8) is 0 Å². The van der Waals surface area contributed by atoms with Crippen LogP contribution in [0, 0.1) is 11.5 Å². The van der Waals surface area contributed by atoms with Gasteiger partial charge in [0.25, 0.3) is 0 Å². The normalized spacial score (nSPS) is 15.1. The van der Waals surface area contributed by atoms with E-state index in [2.05, 4.69) is 26.6 Å². The number of aliphatic imine (C=N–C) groups is 1. The number of nitrogens with one attached hydrogen (secondary N) is 2. The van der Waals surface area contributed by atoms with Crippen LogP contribution < -0.4 is 10.6 Å². The maximum atomic E-state index is 8.38. The van der Waals surface area contributed by atoms with Gasteiger partial charge in [0.2, 0.25) is 5.96 Å². The Kier molecular flexibility index (Phi) is 4.08. The molecule has 0 bridgehead atoms. The summed E-state index contributed by atoms with van der Waals surface area (Å²) < 4.78 is 0. The first-order valence-electron chi connectivity index (χ1n) is 4.30. The molecule has 0 unspecified atom stereocenters. The molecule has 0 aliphatic carbocycles. The number of rotatable bonds is 2. The van der Waals surface area contributed by atoms with Crippen LogP contribution in [-0.2, 0) is 0 Å². The zero-order chi connectivity index (χ0) is 10.2. The molecule has 2 N–H and O–H groups in total. The molecule has 5 heteroatoms. The largest absolute Gasteiger partial charge is 0.356 e. The summed E-state index contributed by atoms with van der Waals surface area (Å²) in [5.74, 6) is 0.482. The molecule has 0 atom stereocenters. The first-order valence-corrected chi connectivity index (χ1v) is 4.30. The minimum Gasteiger partial charge on any atom is -0.356 e. The van der Waals surface area contributed by atoms with Gasteiger partial charge in [0, 0.05) is 19.8 Å². The standard InChI is InChI=1S/C9H13N5/c1-11-9(12-7-10)13-8-14-5-3-2-4-6-14/h2-5H,6,8H2,1H3,(H2,11,12,13). The van der Waals surface area contributed by atoms with Crippen molar-refractivity contribution in [3.8, 4) is 6.19 Å². The van der Waals surface area contributed by atoms with Crippen LogP contribution >= 0.6 is 0 Å². The molecule has 0 saturated heterocycles. The summed E-state index contributed by atoms with van der Waals surface area (Å²) in [5.41, 5.74) is 0. The average Bonchev–Trinajstić information content (AvgIpc) is 2.25. The highest BCUT2D eigenvalue weighted by Gasteiger charge is 2.00. The Bertz CT molecular complexity index is 297. The van der Waals surface area contributed by atoms with E-state index in [-0.39, 0.29) is 0 Å². The second-order valence-corrected chi connectivity index (χ2v) is 2.68. The van der Waals surface area contributed by atoms with Gasteiger partial charge in [-0.1, -0.05) is 12.2 Å². The van der Waals surface area contributed by atoms with E-state index in [1.165, 1.54) is 0 Å². The predicted molar refractivity (Wildman–Crippen MR) is 55.1 cm³/mol. The molecule has 0 fully saturated rings. The Morgan fingerprint density at radius 3 is 3.07 bits per heavy atom. The molecular weight excluding hydrogens is 178 g/mol. The van der Waals surface area contributed by atoms with Gasteiger partial charge in [-0.05, 0) is 6.08 Å². The highest BCUT2D eigenvalue weighted by Crippen LogP contribution is 1.95. The van der Waals surface area contributed by atoms with Crippen molar-refractivity contribution in [2.45, 2.75) is 0 Å². The monoisotopic (exact) mass is 191 g/mol. The predicted octanol–water partition coefficient (Wildman–Crippen LogP) is -0.0245. The van der Waals surface area contributed by atoms with Gasteiger partial charge in [-0.2, -0.15) is 5.26 Å².